The van der Waals surface area contributed by atoms with Crippen LogP contribution in [-0.2, 0) is 0 Å². The molecule has 14 heavy (non-hydrogen) atoms. The fraction of sp³-hybridized carbons (Fsp3) is 1.00. The molecule has 0 aromatic carbocycles. The number of nitrogens with one attached hydrogen (secondary N) is 1. The maximum Gasteiger partial charge on any atom is 0.0281 e. The van der Waals surface area contributed by atoms with Gasteiger partial charge in [-0.2, -0.15) is 0 Å². The second-order valence-corrected chi connectivity index (χ2v) is 5.75. The maximum atomic E-state index is 3.50. The molecule has 2 fully saturated rings. The van der Waals surface area contributed by atoms with Gasteiger partial charge in [0.25, 0.3) is 0 Å². The molecule has 1 saturated heterocycles. The highest BCUT2D eigenvalue weighted by molar-refractivity contribution is 4.94. The molecule has 0 spiro atoms. The smallest absolute Gasteiger partial charge is 0.0281 e. The lowest BCUT2D eigenvalue weighted by atomic mass is 9.96. The van der Waals surface area contributed by atoms with E-state index in [0.29, 0.717) is 5.54 Å². The third-order valence-corrected chi connectivity index (χ3v) is 3.97. The van der Waals surface area contributed by atoms with Crippen LogP contribution in [0.15, 0.2) is 0 Å². The Morgan fingerprint density at radius 3 is 2.64 bits per heavy atom. The fourth-order valence-electron chi connectivity index (χ4n) is 3.13. The van der Waals surface area contributed by atoms with Crippen molar-refractivity contribution in [2.24, 2.45) is 5.92 Å². The molecular weight excluding hydrogens is 172 g/mol. The summed E-state index contributed by atoms with van der Waals surface area (Å²) in [6.45, 7) is 10.7. The molecule has 0 aromatic rings. The third kappa shape index (κ3) is 1.96. The van der Waals surface area contributed by atoms with E-state index in [9.17, 15) is 0 Å². The van der Waals surface area contributed by atoms with E-state index < -0.39 is 0 Å². The molecule has 2 unspecified atom stereocenters. The van der Waals surface area contributed by atoms with E-state index >= 15 is 0 Å². The first-order chi connectivity index (χ1) is 6.59. The highest BCUT2D eigenvalue weighted by Gasteiger charge is 2.37. The van der Waals surface area contributed by atoms with Crippen molar-refractivity contribution in [1.29, 1.82) is 0 Å². The molecule has 1 N–H and O–H groups in total. The van der Waals surface area contributed by atoms with Gasteiger partial charge in [0.2, 0.25) is 0 Å². The van der Waals surface area contributed by atoms with Crippen molar-refractivity contribution in [3.05, 3.63) is 0 Å². The number of hydrogen-bond acceptors (Lipinski definition) is 2. The molecule has 0 bridgehead atoms. The molecular formula is C12H24N2. The number of hydrogen-bond donors (Lipinski definition) is 1. The van der Waals surface area contributed by atoms with Gasteiger partial charge in [-0.15, -0.1) is 0 Å². The first kappa shape index (κ1) is 10.4. The molecule has 1 aliphatic carbocycles. The van der Waals surface area contributed by atoms with Crippen LogP contribution in [0.4, 0.5) is 0 Å². The van der Waals surface area contributed by atoms with Gasteiger partial charge in [-0.05, 0) is 39.0 Å². The minimum absolute atomic E-state index is 0.368. The predicted octanol–water partition coefficient (Wildman–Crippen LogP) is 1.86. The molecule has 82 valence electrons. The zero-order valence-electron chi connectivity index (χ0n) is 9.84. The Bertz CT molecular complexity index is 200. The van der Waals surface area contributed by atoms with Crippen LogP contribution in [0.1, 0.15) is 40.0 Å². The zero-order valence-corrected chi connectivity index (χ0v) is 9.84. The van der Waals surface area contributed by atoms with Crippen molar-refractivity contribution in [1.82, 2.24) is 10.2 Å². The van der Waals surface area contributed by atoms with Gasteiger partial charge in [-0.25, -0.2) is 0 Å². The van der Waals surface area contributed by atoms with Gasteiger partial charge >= 0.3 is 0 Å². The van der Waals surface area contributed by atoms with Gasteiger partial charge in [-0.3, -0.25) is 4.90 Å². The molecule has 0 aromatic heterocycles. The van der Waals surface area contributed by atoms with Crippen LogP contribution in [0.3, 0.4) is 0 Å². The largest absolute Gasteiger partial charge is 0.314 e. The van der Waals surface area contributed by atoms with E-state index in [2.05, 4.69) is 31.0 Å². The summed E-state index contributed by atoms with van der Waals surface area (Å²) in [4.78, 5) is 2.74. The van der Waals surface area contributed by atoms with Crippen LogP contribution < -0.4 is 5.32 Å². The van der Waals surface area contributed by atoms with Crippen LogP contribution in [0, 0.1) is 5.92 Å². The lowest BCUT2D eigenvalue weighted by molar-refractivity contribution is 0.0461. The lowest BCUT2D eigenvalue weighted by Crippen LogP contribution is -2.60. The van der Waals surface area contributed by atoms with Crippen LogP contribution in [-0.4, -0.2) is 36.1 Å². The molecule has 0 amide bonds. The summed E-state index contributed by atoms with van der Waals surface area (Å²) in [6, 6.07) is 0.863. The Morgan fingerprint density at radius 2 is 2.07 bits per heavy atom. The van der Waals surface area contributed by atoms with Crippen LogP contribution >= 0.6 is 0 Å². The Kier molecular flexibility index (Phi) is 2.85. The number of nitrogens with zero attached hydrogens (tertiary/aromatic N) is 1. The van der Waals surface area contributed by atoms with Crippen molar-refractivity contribution in [3.63, 3.8) is 0 Å². The van der Waals surface area contributed by atoms with Crippen molar-refractivity contribution < 1.29 is 0 Å². The summed E-state index contributed by atoms with van der Waals surface area (Å²) in [5.74, 6) is 0.950. The van der Waals surface area contributed by atoms with Crippen LogP contribution in [0.5, 0.6) is 0 Å². The molecule has 2 heteroatoms. The van der Waals surface area contributed by atoms with Gasteiger partial charge in [0.05, 0.1) is 0 Å². The van der Waals surface area contributed by atoms with Crippen molar-refractivity contribution in [2.45, 2.75) is 51.6 Å². The van der Waals surface area contributed by atoms with Gasteiger partial charge < -0.3 is 5.32 Å². The van der Waals surface area contributed by atoms with Crippen molar-refractivity contribution in [2.75, 3.05) is 19.6 Å². The minimum atomic E-state index is 0.368. The Hall–Kier alpha value is -0.0800. The van der Waals surface area contributed by atoms with Gasteiger partial charge in [0.15, 0.2) is 0 Å². The quantitative estimate of drug-likeness (QED) is 0.688. The van der Waals surface area contributed by atoms with Crippen LogP contribution in [0.25, 0.3) is 0 Å². The van der Waals surface area contributed by atoms with E-state index in [0.717, 1.165) is 18.5 Å². The average Bonchev–Trinajstić information content (AvgIpc) is 2.51. The Morgan fingerprint density at radius 1 is 1.29 bits per heavy atom. The average molecular weight is 196 g/mol. The standard InChI is InChI=1S/C12H24N2/c1-10-4-5-11(8-10)14-7-6-13-9-12(14,2)3/h10-11,13H,4-9H2,1-3H3. The zero-order chi connectivity index (χ0) is 10.2. The summed E-state index contributed by atoms with van der Waals surface area (Å²) in [5.41, 5.74) is 0.368. The monoisotopic (exact) mass is 196 g/mol. The Labute approximate surface area is 88.1 Å². The molecule has 1 heterocycles. The maximum absolute atomic E-state index is 3.50. The highest BCUT2D eigenvalue weighted by atomic mass is 15.3. The second-order valence-electron chi connectivity index (χ2n) is 5.75. The highest BCUT2D eigenvalue weighted by Crippen LogP contribution is 2.33. The van der Waals surface area contributed by atoms with E-state index in [-0.39, 0.29) is 0 Å². The SMILES string of the molecule is CC1CCC(N2CCNCC2(C)C)C1. The predicted molar refractivity (Wildman–Crippen MR) is 60.5 cm³/mol. The van der Waals surface area contributed by atoms with E-state index in [1.54, 1.807) is 0 Å². The topological polar surface area (TPSA) is 15.3 Å². The van der Waals surface area contributed by atoms with Gasteiger partial charge in [0, 0.05) is 31.2 Å². The second kappa shape index (κ2) is 3.82. The first-order valence-electron chi connectivity index (χ1n) is 6.07. The molecule has 2 atom stereocenters. The molecule has 1 saturated carbocycles. The molecule has 0 radical (unpaired) electrons. The van der Waals surface area contributed by atoms with Crippen molar-refractivity contribution >= 4 is 0 Å². The summed E-state index contributed by atoms with van der Waals surface area (Å²) >= 11 is 0. The number of piperazine rings is 1. The summed E-state index contributed by atoms with van der Waals surface area (Å²) in [5, 5.41) is 3.50. The van der Waals surface area contributed by atoms with E-state index in [4.69, 9.17) is 0 Å². The molecule has 2 rings (SSSR count). The summed E-state index contributed by atoms with van der Waals surface area (Å²) in [7, 11) is 0. The molecule has 2 nitrogen and oxygen atoms in total. The van der Waals surface area contributed by atoms with Gasteiger partial charge in [0.1, 0.15) is 0 Å². The summed E-state index contributed by atoms with van der Waals surface area (Å²) < 4.78 is 0. The van der Waals surface area contributed by atoms with Crippen molar-refractivity contribution in [3.8, 4) is 0 Å². The summed E-state index contributed by atoms with van der Waals surface area (Å²) in [6.07, 6.45) is 4.28. The normalized spacial score (nSPS) is 38.8. The van der Waals surface area contributed by atoms with Crippen LogP contribution in [0.2, 0.25) is 0 Å². The number of rotatable bonds is 1. The Balaban J connectivity index is 2.01. The minimum Gasteiger partial charge on any atom is -0.314 e. The third-order valence-electron chi connectivity index (χ3n) is 3.97. The lowest BCUT2D eigenvalue weighted by Gasteiger charge is -2.46. The van der Waals surface area contributed by atoms with E-state index in [1.165, 1.54) is 32.4 Å². The van der Waals surface area contributed by atoms with E-state index in [1.807, 2.05) is 0 Å². The molecule has 2 aliphatic rings. The fourth-order valence-corrected chi connectivity index (χ4v) is 3.13. The first-order valence-corrected chi connectivity index (χ1v) is 6.07. The van der Waals surface area contributed by atoms with Gasteiger partial charge in [-0.1, -0.05) is 6.92 Å². The molecule has 1 aliphatic heterocycles.